The second kappa shape index (κ2) is 6.15. The van der Waals surface area contributed by atoms with Gasteiger partial charge >= 0.3 is 0 Å². The summed E-state index contributed by atoms with van der Waals surface area (Å²) in [6.07, 6.45) is 4.74. The molecule has 0 aliphatic heterocycles. The van der Waals surface area contributed by atoms with Crippen LogP contribution in [0.2, 0.25) is 0 Å². The molecule has 0 radical (unpaired) electrons. The van der Waals surface area contributed by atoms with Gasteiger partial charge in [-0.15, -0.1) is 0 Å². The maximum atomic E-state index is 9.79. The summed E-state index contributed by atoms with van der Waals surface area (Å²) >= 11 is 0. The van der Waals surface area contributed by atoms with Crippen LogP contribution >= 0.6 is 0 Å². The molecule has 3 heteroatoms. The third-order valence-corrected chi connectivity index (χ3v) is 5.14. The quantitative estimate of drug-likeness (QED) is 0.915. The molecule has 1 aliphatic rings. The third-order valence-electron chi connectivity index (χ3n) is 5.14. The predicted molar refractivity (Wildman–Crippen MR) is 84.0 cm³/mol. The van der Waals surface area contributed by atoms with Crippen molar-refractivity contribution in [2.24, 2.45) is 0 Å². The highest BCUT2D eigenvalue weighted by Crippen LogP contribution is 2.42. The van der Waals surface area contributed by atoms with Gasteiger partial charge < -0.3 is 10.0 Å². The van der Waals surface area contributed by atoms with E-state index in [0.29, 0.717) is 11.8 Å². The van der Waals surface area contributed by atoms with Gasteiger partial charge in [-0.1, -0.05) is 19.1 Å². The molecular formula is C17H28N2O. The van der Waals surface area contributed by atoms with Gasteiger partial charge in [-0.2, -0.15) is 0 Å². The summed E-state index contributed by atoms with van der Waals surface area (Å²) in [5.74, 6) is 0.372. The monoisotopic (exact) mass is 276 g/mol. The van der Waals surface area contributed by atoms with Crippen LogP contribution in [0, 0.1) is 0 Å². The summed E-state index contributed by atoms with van der Waals surface area (Å²) in [6, 6.07) is 8.50. The van der Waals surface area contributed by atoms with E-state index in [4.69, 9.17) is 0 Å². The summed E-state index contributed by atoms with van der Waals surface area (Å²) in [5.41, 5.74) is 1.32. The molecule has 0 amide bonds. The Balaban J connectivity index is 2.22. The molecule has 1 aromatic rings. The molecule has 1 aromatic carbocycles. The van der Waals surface area contributed by atoms with Gasteiger partial charge in [0.05, 0.1) is 0 Å². The van der Waals surface area contributed by atoms with Gasteiger partial charge in [-0.25, -0.2) is 0 Å². The lowest BCUT2D eigenvalue weighted by molar-refractivity contribution is 0.0587. The van der Waals surface area contributed by atoms with Crippen LogP contribution in [0.3, 0.4) is 0 Å². The van der Waals surface area contributed by atoms with Gasteiger partial charge in [0.25, 0.3) is 0 Å². The van der Waals surface area contributed by atoms with E-state index in [1.807, 2.05) is 12.1 Å². The zero-order valence-electron chi connectivity index (χ0n) is 13.3. The summed E-state index contributed by atoms with van der Waals surface area (Å²) in [5, 5.41) is 9.79. The van der Waals surface area contributed by atoms with E-state index in [9.17, 15) is 5.11 Å². The SMILES string of the molecule is CCN(C)C1CCC(c2cccc(O)c2)(N(C)C)CC1. The number of phenols is 1. The Hall–Kier alpha value is -1.06. The van der Waals surface area contributed by atoms with E-state index in [2.05, 4.69) is 43.9 Å². The Labute approximate surface area is 123 Å². The van der Waals surface area contributed by atoms with Gasteiger partial charge in [0.2, 0.25) is 0 Å². The van der Waals surface area contributed by atoms with E-state index in [1.54, 1.807) is 6.07 Å². The fourth-order valence-corrected chi connectivity index (χ4v) is 3.57. The summed E-state index contributed by atoms with van der Waals surface area (Å²) in [4.78, 5) is 4.80. The number of phenolic OH excluding ortho intramolecular Hbond substituents is 1. The molecule has 0 saturated heterocycles. The lowest BCUT2D eigenvalue weighted by Crippen LogP contribution is -2.48. The van der Waals surface area contributed by atoms with Gasteiger partial charge in [0.1, 0.15) is 5.75 Å². The molecule has 3 nitrogen and oxygen atoms in total. The second-order valence-electron chi connectivity index (χ2n) is 6.28. The van der Waals surface area contributed by atoms with Crippen LogP contribution in [-0.4, -0.2) is 48.6 Å². The maximum absolute atomic E-state index is 9.79. The van der Waals surface area contributed by atoms with Crippen LogP contribution in [0.4, 0.5) is 0 Å². The van der Waals surface area contributed by atoms with Crippen molar-refractivity contribution in [2.75, 3.05) is 27.7 Å². The molecule has 0 aromatic heterocycles. The van der Waals surface area contributed by atoms with Crippen molar-refractivity contribution in [2.45, 2.75) is 44.2 Å². The molecule has 0 bridgehead atoms. The highest BCUT2D eigenvalue weighted by molar-refractivity contribution is 5.33. The van der Waals surface area contributed by atoms with Crippen LogP contribution in [-0.2, 0) is 5.54 Å². The van der Waals surface area contributed by atoms with Crippen molar-refractivity contribution in [3.05, 3.63) is 29.8 Å². The summed E-state index contributed by atoms with van der Waals surface area (Å²) < 4.78 is 0. The smallest absolute Gasteiger partial charge is 0.115 e. The predicted octanol–water partition coefficient (Wildman–Crippen LogP) is 3.04. The minimum Gasteiger partial charge on any atom is -0.508 e. The fourth-order valence-electron chi connectivity index (χ4n) is 3.57. The molecule has 0 heterocycles. The van der Waals surface area contributed by atoms with Crippen LogP contribution in [0.1, 0.15) is 38.2 Å². The highest BCUT2D eigenvalue weighted by Gasteiger charge is 2.39. The minimum absolute atomic E-state index is 0.0732. The first-order valence-electron chi connectivity index (χ1n) is 7.67. The molecule has 2 rings (SSSR count). The van der Waals surface area contributed by atoms with Gasteiger partial charge in [0, 0.05) is 11.6 Å². The Morgan fingerprint density at radius 2 is 1.85 bits per heavy atom. The normalized spacial score (nSPS) is 27.2. The molecule has 1 N–H and O–H groups in total. The molecule has 0 atom stereocenters. The number of rotatable bonds is 4. The first-order chi connectivity index (χ1) is 9.49. The van der Waals surface area contributed by atoms with Crippen molar-refractivity contribution in [1.29, 1.82) is 0 Å². The molecule has 1 saturated carbocycles. The van der Waals surface area contributed by atoms with Crippen LogP contribution in [0.25, 0.3) is 0 Å². The average Bonchev–Trinajstić information content (AvgIpc) is 2.46. The van der Waals surface area contributed by atoms with E-state index < -0.39 is 0 Å². The van der Waals surface area contributed by atoms with E-state index in [1.165, 1.54) is 18.4 Å². The number of nitrogens with zero attached hydrogens (tertiary/aromatic N) is 2. The Kier molecular flexibility index (Phi) is 4.71. The molecule has 112 valence electrons. The van der Waals surface area contributed by atoms with Crippen molar-refractivity contribution >= 4 is 0 Å². The Morgan fingerprint density at radius 3 is 2.35 bits per heavy atom. The number of aromatic hydroxyl groups is 1. The maximum Gasteiger partial charge on any atom is 0.115 e. The summed E-state index contributed by atoms with van der Waals surface area (Å²) in [7, 11) is 6.55. The topological polar surface area (TPSA) is 26.7 Å². The van der Waals surface area contributed by atoms with Crippen molar-refractivity contribution in [3.8, 4) is 5.75 Å². The Morgan fingerprint density at radius 1 is 1.20 bits per heavy atom. The molecular weight excluding hydrogens is 248 g/mol. The fraction of sp³-hybridized carbons (Fsp3) is 0.647. The number of hydrogen-bond acceptors (Lipinski definition) is 3. The van der Waals surface area contributed by atoms with Crippen LogP contribution in [0.15, 0.2) is 24.3 Å². The average molecular weight is 276 g/mol. The van der Waals surface area contributed by atoms with Crippen LogP contribution < -0.4 is 0 Å². The van der Waals surface area contributed by atoms with Gasteiger partial charge in [-0.05, 0) is 71.1 Å². The standard InChI is InChI=1S/C17H28N2O/c1-5-19(4)15-9-11-17(12-10-15,18(2)3)14-7-6-8-16(20)13-14/h6-8,13,15,20H,5,9-12H2,1-4H3. The Bertz CT molecular complexity index is 436. The van der Waals surface area contributed by atoms with Gasteiger partial charge in [0.15, 0.2) is 0 Å². The highest BCUT2D eigenvalue weighted by atomic mass is 16.3. The van der Waals surface area contributed by atoms with Gasteiger partial charge in [-0.3, -0.25) is 4.90 Å². The van der Waals surface area contributed by atoms with Crippen LogP contribution in [0.5, 0.6) is 5.75 Å². The molecule has 0 unspecified atom stereocenters. The molecule has 20 heavy (non-hydrogen) atoms. The zero-order valence-corrected chi connectivity index (χ0v) is 13.3. The molecule has 1 fully saturated rings. The lowest BCUT2D eigenvalue weighted by Gasteiger charge is -2.47. The van der Waals surface area contributed by atoms with Crippen molar-refractivity contribution in [3.63, 3.8) is 0 Å². The lowest BCUT2D eigenvalue weighted by atomic mass is 9.73. The zero-order chi connectivity index (χ0) is 14.8. The van der Waals surface area contributed by atoms with Crippen molar-refractivity contribution in [1.82, 2.24) is 9.80 Å². The molecule has 0 spiro atoms. The van der Waals surface area contributed by atoms with E-state index in [0.717, 1.165) is 19.4 Å². The minimum atomic E-state index is 0.0732. The second-order valence-corrected chi connectivity index (χ2v) is 6.28. The number of benzene rings is 1. The van der Waals surface area contributed by atoms with Crippen molar-refractivity contribution < 1.29 is 5.11 Å². The molecule has 1 aliphatic carbocycles. The summed E-state index contributed by atoms with van der Waals surface area (Å²) in [6.45, 7) is 3.34. The van der Waals surface area contributed by atoms with E-state index >= 15 is 0 Å². The van der Waals surface area contributed by atoms with E-state index in [-0.39, 0.29) is 5.54 Å². The largest absolute Gasteiger partial charge is 0.508 e. The first kappa shape index (κ1) is 15.3. The number of hydrogen-bond donors (Lipinski definition) is 1. The third kappa shape index (κ3) is 2.84. The first-order valence-corrected chi connectivity index (χ1v) is 7.67.